The number of carbonyl (C=O) groups is 1. The second-order valence-electron chi connectivity index (χ2n) is 8.54. The number of aryl methyl sites for hydroxylation is 1. The molecule has 7 nitrogen and oxygen atoms in total. The molecule has 1 aromatic carbocycles. The van der Waals surface area contributed by atoms with Crippen LogP contribution >= 0.6 is 0 Å². The Morgan fingerprint density at radius 2 is 2.10 bits per heavy atom. The first-order chi connectivity index (χ1) is 14.0. The van der Waals surface area contributed by atoms with Gasteiger partial charge in [0.05, 0.1) is 5.92 Å². The van der Waals surface area contributed by atoms with Gasteiger partial charge in [0.25, 0.3) is 5.91 Å². The molecule has 2 aliphatic heterocycles. The fourth-order valence-electron chi connectivity index (χ4n) is 4.35. The van der Waals surface area contributed by atoms with Gasteiger partial charge in [0.2, 0.25) is 11.8 Å². The lowest BCUT2D eigenvalue weighted by Gasteiger charge is -2.36. The van der Waals surface area contributed by atoms with Crippen LogP contribution in [0.25, 0.3) is 0 Å². The maximum Gasteiger partial charge on any atom is 0.260 e. The van der Waals surface area contributed by atoms with E-state index >= 15 is 0 Å². The van der Waals surface area contributed by atoms with Crippen molar-refractivity contribution in [2.45, 2.75) is 45.4 Å². The number of aromatic nitrogens is 2. The van der Waals surface area contributed by atoms with Gasteiger partial charge in [-0.2, -0.15) is 0 Å². The van der Waals surface area contributed by atoms with Crippen LogP contribution in [-0.2, 0) is 9.53 Å². The summed E-state index contributed by atoms with van der Waals surface area (Å²) in [7, 11) is 0. The van der Waals surface area contributed by atoms with E-state index < -0.39 is 0 Å². The minimum Gasteiger partial charge on any atom is -0.484 e. The van der Waals surface area contributed by atoms with Gasteiger partial charge in [0.1, 0.15) is 5.75 Å². The highest BCUT2D eigenvalue weighted by Crippen LogP contribution is 2.49. The zero-order valence-corrected chi connectivity index (χ0v) is 17.4. The van der Waals surface area contributed by atoms with Gasteiger partial charge in [-0.25, -0.2) is 0 Å². The molecule has 0 radical (unpaired) electrons. The number of carbonyl (C=O) groups excluding carboxylic acids is 1. The molecule has 3 heterocycles. The van der Waals surface area contributed by atoms with Crippen LogP contribution in [0.4, 0.5) is 0 Å². The van der Waals surface area contributed by atoms with Crippen LogP contribution in [0.2, 0.25) is 0 Å². The Morgan fingerprint density at radius 3 is 2.79 bits per heavy atom. The van der Waals surface area contributed by atoms with Crippen LogP contribution in [-0.4, -0.2) is 53.9 Å². The normalized spacial score (nSPS) is 21.1. The molecular formula is C22H29N3O4. The number of benzene rings is 1. The standard InChI is InChI=1S/C22H29N3O4/c1-15(2)20-23-24-21(29-20)18-12-25(14-22(18)7-9-27-10-8-22)19(26)13-28-17-6-4-5-16(3)11-17/h4-6,11,15,18H,7-10,12-14H2,1-3H3. The molecule has 0 bridgehead atoms. The van der Waals surface area contributed by atoms with E-state index in [0.29, 0.717) is 43.8 Å². The molecule has 2 fully saturated rings. The quantitative estimate of drug-likeness (QED) is 0.768. The van der Waals surface area contributed by atoms with E-state index in [4.69, 9.17) is 13.9 Å². The molecule has 0 N–H and O–H groups in total. The molecule has 2 aliphatic rings. The van der Waals surface area contributed by atoms with Crippen LogP contribution in [0.3, 0.4) is 0 Å². The number of ether oxygens (including phenoxy) is 2. The first-order valence-electron chi connectivity index (χ1n) is 10.4. The monoisotopic (exact) mass is 399 g/mol. The molecule has 1 aromatic heterocycles. The van der Waals surface area contributed by atoms with Gasteiger partial charge in [-0.1, -0.05) is 26.0 Å². The van der Waals surface area contributed by atoms with E-state index in [9.17, 15) is 4.79 Å². The molecule has 2 aromatic rings. The second-order valence-corrected chi connectivity index (χ2v) is 8.54. The first kappa shape index (κ1) is 19.9. The van der Waals surface area contributed by atoms with Crippen molar-refractivity contribution in [2.24, 2.45) is 5.41 Å². The molecule has 1 amide bonds. The Bertz CT molecular complexity index is 857. The summed E-state index contributed by atoms with van der Waals surface area (Å²) in [6.07, 6.45) is 1.78. The van der Waals surface area contributed by atoms with E-state index in [2.05, 4.69) is 10.2 Å². The van der Waals surface area contributed by atoms with E-state index in [0.717, 1.165) is 18.4 Å². The number of hydrogen-bond acceptors (Lipinski definition) is 6. The summed E-state index contributed by atoms with van der Waals surface area (Å²) in [5.41, 5.74) is 1.03. The highest BCUT2D eigenvalue weighted by Gasteiger charge is 2.51. The third-order valence-corrected chi connectivity index (χ3v) is 6.09. The molecule has 0 saturated carbocycles. The van der Waals surface area contributed by atoms with Crippen molar-refractivity contribution >= 4 is 5.91 Å². The second kappa shape index (κ2) is 8.14. The van der Waals surface area contributed by atoms with Gasteiger partial charge in [0.15, 0.2) is 6.61 Å². The third-order valence-electron chi connectivity index (χ3n) is 6.09. The van der Waals surface area contributed by atoms with Gasteiger partial charge < -0.3 is 18.8 Å². The van der Waals surface area contributed by atoms with E-state index in [1.165, 1.54) is 0 Å². The topological polar surface area (TPSA) is 77.7 Å². The maximum absolute atomic E-state index is 12.9. The van der Waals surface area contributed by atoms with Gasteiger partial charge >= 0.3 is 0 Å². The maximum atomic E-state index is 12.9. The van der Waals surface area contributed by atoms with Crippen molar-refractivity contribution < 1.29 is 18.7 Å². The molecule has 29 heavy (non-hydrogen) atoms. The Hall–Kier alpha value is -2.41. The van der Waals surface area contributed by atoms with Crippen LogP contribution in [0.5, 0.6) is 5.75 Å². The van der Waals surface area contributed by atoms with E-state index in [1.807, 2.05) is 49.9 Å². The Balaban J connectivity index is 1.49. The SMILES string of the molecule is Cc1cccc(OCC(=O)N2CC(c3nnc(C(C)C)o3)C3(CCOCC3)C2)c1. The average Bonchev–Trinajstić information content (AvgIpc) is 3.32. The van der Waals surface area contributed by atoms with Gasteiger partial charge in [-0.15, -0.1) is 10.2 Å². The van der Waals surface area contributed by atoms with Crippen molar-refractivity contribution in [3.63, 3.8) is 0 Å². The predicted octanol–water partition coefficient (Wildman–Crippen LogP) is 3.30. The number of rotatable bonds is 5. The number of amides is 1. The summed E-state index contributed by atoms with van der Waals surface area (Å²) >= 11 is 0. The van der Waals surface area contributed by atoms with Crippen LogP contribution in [0.1, 0.15) is 55.9 Å². The van der Waals surface area contributed by atoms with Crippen molar-refractivity contribution in [2.75, 3.05) is 32.9 Å². The van der Waals surface area contributed by atoms with Crippen LogP contribution < -0.4 is 4.74 Å². The van der Waals surface area contributed by atoms with Crippen molar-refractivity contribution in [1.82, 2.24) is 15.1 Å². The molecule has 1 atom stereocenters. The lowest BCUT2D eigenvalue weighted by atomic mass is 9.72. The zero-order chi connectivity index (χ0) is 20.4. The number of likely N-dealkylation sites (tertiary alicyclic amines) is 1. The number of hydrogen-bond donors (Lipinski definition) is 0. The molecule has 0 aliphatic carbocycles. The van der Waals surface area contributed by atoms with E-state index in [1.54, 1.807) is 0 Å². The highest BCUT2D eigenvalue weighted by atomic mass is 16.5. The molecule has 1 unspecified atom stereocenters. The molecular weight excluding hydrogens is 370 g/mol. The third kappa shape index (κ3) is 4.15. The van der Waals surface area contributed by atoms with Crippen LogP contribution in [0.15, 0.2) is 28.7 Å². The summed E-state index contributed by atoms with van der Waals surface area (Å²) in [5, 5.41) is 8.56. The minimum atomic E-state index is -0.0714. The van der Waals surface area contributed by atoms with Crippen LogP contribution in [0, 0.1) is 12.3 Å². The highest BCUT2D eigenvalue weighted by molar-refractivity contribution is 5.78. The predicted molar refractivity (Wildman–Crippen MR) is 107 cm³/mol. The Kier molecular flexibility index (Phi) is 5.58. The largest absolute Gasteiger partial charge is 0.484 e. The van der Waals surface area contributed by atoms with Crippen molar-refractivity contribution in [3.05, 3.63) is 41.6 Å². The molecule has 4 rings (SSSR count). The summed E-state index contributed by atoms with van der Waals surface area (Å²) in [6.45, 7) is 8.76. The molecule has 1 spiro atoms. The lowest BCUT2D eigenvalue weighted by molar-refractivity contribution is -0.133. The van der Waals surface area contributed by atoms with E-state index in [-0.39, 0.29) is 29.8 Å². The molecule has 7 heteroatoms. The zero-order valence-electron chi connectivity index (χ0n) is 17.4. The summed E-state index contributed by atoms with van der Waals surface area (Å²) in [4.78, 5) is 14.8. The smallest absolute Gasteiger partial charge is 0.260 e. The molecule has 2 saturated heterocycles. The fraction of sp³-hybridized carbons (Fsp3) is 0.591. The van der Waals surface area contributed by atoms with Gasteiger partial charge in [-0.05, 0) is 37.5 Å². The number of nitrogens with zero attached hydrogens (tertiary/aromatic N) is 3. The van der Waals surface area contributed by atoms with Crippen molar-refractivity contribution in [1.29, 1.82) is 0 Å². The Morgan fingerprint density at radius 1 is 1.31 bits per heavy atom. The Labute approximate surface area is 171 Å². The average molecular weight is 399 g/mol. The summed E-state index contributed by atoms with van der Waals surface area (Å²) < 4.78 is 17.3. The van der Waals surface area contributed by atoms with Gasteiger partial charge in [-0.3, -0.25) is 4.79 Å². The lowest BCUT2D eigenvalue weighted by Crippen LogP contribution is -2.38. The first-order valence-corrected chi connectivity index (χ1v) is 10.4. The minimum absolute atomic E-state index is 0.0107. The summed E-state index contributed by atoms with van der Waals surface area (Å²) in [5.74, 6) is 2.22. The fourth-order valence-corrected chi connectivity index (χ4v) is 4.35. The molecule has 156 valence electrons. The summed E-state index contributed by atoms with van der Waals surface area (Å²) in [6, 6.07) is 7.75. The van der Waals surface area contributed by atoms with Crippen molar-refractivity contribution in [3.8, 4) is 5.75 Å². The van der Waals surface area contributed by atoms with Gasteiger partial charge in [0, 0.05) is 37.6 Å².